The van der Waals surface area contributed by atoms with Gasteiger partial charge in [-0.25, -0.2) is 4.39 Å². The number of nitrogens with zero attached hydrogens (tertiary/aromatic N) is 1. The molecule has 27 heavy (non-hydrogen) atoms. The van der Waals surface area contributed by atoms with Crippen LogP contribution < -0.4 is 0 Å². The van der Waals surface area contributed by atoms with Crippen LogP contribution in [0.25, 0.3) is 0 Å². The minimum absolute atomic E-state index is 0.179. The Bertz CT molecular complexity index is 734. The molecule has 1 aromatic carbocycles. The van der Waals surface area contributed by atoms with Crippen LogP contribution in [0.3, 0.4) is 0 Å². The summed E-state index contributed by atoms with van der Waals surface area (Å²) in [6.45, 7) is 2.21. The molecule has 1 heterocycles. The number of rotatable bonds is 7. The Morgan fingerprint density at radius 3 is 2.30 bits per heavy atom. The van der Waals surface area contributed by atoms with Gasteiger partial charge in [0.15, 0.2) is 5.82 Å². The van der Waals surface area contributed by atoms with Gasteiger partial charge in [-0.15, -0.1) is 0 Å². The molecule has 1 aliphatic carbocycles. The van der Waals surface area contributed by atoms with E-state index in [1.54, 1.807) is 0 Å². The first-order valence-corrected chi connectivity index (χ1v) is 10.2. The van der Waals surface area contributed by atoms with Gasteiger partial charge in [0.25, 0.3) is 5.95 Å². The highest BCUT2D eigenvalue weighted by molar-refractivity contribution is 5.26. The molecule has 146 valence electrons. The molecule has 2 aromatic rings. The van der Waals surface area contributed by atoms with Gasteiger partial charge in [0.2, 0.25) is 5.95 Å². The number of halogens is 3. The summed E-state index contributed by atoms with van der Waals surface area (Å²) in [5.74, 6) is -2.21. The molecule has 0 bridgehead atoms. The second-order valence-electron chi connectivity index (χ2n) is 7.81. The second-order valence-corrected chi connectivity index (χ2v) is 7.81. The number of unbranched alkanes of at least 4 members (excludes halogenated alkanes) is 1. The first-order chi connectivity index (χ1) is 13.1. The van der Waals surface area contributed by atoms with Crippen LogP contribution in [0.1, 0.15) is 74.5 Å². The number of aryl methyl sites for hydroxylation is 2. The number of aromatic nitrogens is 1. The third kappa shape index (κ3) is 5.33. The Hall–Kier alpha value is -1.84. The van der Waals surface area contributed by atoms with Crippen LogP contribution >= 0.6 is 0 Å². The van der Waals surface area contributed by atoms with Gasteiger partial charge in [-0.05, 0) is 80.4 Å². The van der Waals surface area contributed by atoms with E-state index in [-0.39, 0.29) is 5.56 Å². The molecule has 0 amide bonds. The molecule has 1 aliphatic rings. The molecule has 0 aliphatic heterocycles. The monoisotopic (exact) mass is 375 g/mol. The predicted octanol–water partition coefficient (Wildman–Crippen LogP) is 6.75. The molecule has 0 spiro atoms. The van der Waals surface area contributed by atoms with Crippen molar-refractivity contribution in [2.75, 3.05) is 0 Å². The Labute approximate surface area is 160 Å². The van der Waals surface area contributed by atoms with Gasteiger partial charge in [0, 0.05) is 5.56 Å². The van der Waals surface area contributed by atoms with E-state index in [1.165, 1.54) is 24.0 Å². The summed E-state index contributed by atoms with van der Waals surface area (Å²) in [5.41, 5.74) is 3.01. The number of benzene rings is 1. The van der Waals surface area contributed by atoms with E-state index >= 15 is 0 Å². The fourth-order valence-electron chi connectivity index (χ4n) is 4.14. The largest absolute Gasteiger partial charge is 0.251 e. The van der Waals surface area contributed by atoms with E-state index in [4.69, 9.17) is 0 Å². The van der Waals surface area contributed by atoms with Crippen LogP contribution in [0.4, 0.5) is 13.2 Å². The Morgan fingerprint density at radius 1 is 0.926 bits per heavy atom. The normalized spacial score (nSPS) is 20.0. The number of hydrogen-bond donors (Lipinski definition) is 0. The van der Waals surface area contributed by atoms with Gasteiger partial charge in [0.1, 0.15) is 0 Å². The maximum atomic E-state index is 13.7. The Balaban J connectivity index is 1.48. The maximum absolute atomic E-state index is 13.7. The van der Waals surface area contributed by atoms with Gasteiger partial charge in [-0.1, -0.05) is 37.6 Å². The molecule has 0 radical (unpaired) electrons. The summed E-state index contributed by atoms with van der Waals surface area (Å²) in [4.78, 5) is 3.01. The molecule has 0 saturated heterocycles. The van der Waals surface area contributed by atoms with E-state index in [0.717, 1.165) is 44.6 Å². The average Bonchev–Trinajstić information content (AvgIpc) is 2.69. The molecule has 1 nitrogen and oxygen atoms in total. The van der Waals surface area contributed by atoms with E-state index in [9.17, 15) is 13.2 Å². The van der Waals surface area contributed by atoms with Crippen LogP contribution in [-0.4, -0.2) is 4.98 Å². The van der Waals surface area contributed by atoms with Gasteiger partial charge >= 0.3 is 0 Å². The fourth-order valence-corrected chi connectivity index (χ4v) is 4.14. The van der Waals surface area contributed by atoms with E-state index in [1.807, 2.05) is 0 Å². The van der Waals surface area contributed by atoms with Crippen molar-refractivity contribution in [2.45, 2.75) is 70.6 Å². The number of hydrogen-bond acceptors (Lipinski definition) is 1. The van der Waals surface area contributed by atoms with Gasteiger partial charge < -0.3 is 0 Å². The molecule has 1 saturated carbocycles. The standard InChI is InChI=1S/C23H28F3N/c1-2-3-4-16-5-10-18(11-6-16)19-12-7-17(8-13-19)9-14-20-15-21(24)23(26)27-22(20)25/h5-6,10-11,15,17,19H,2-4,7-9,12-14H2,1H3. The summed E-state index contributed by atoms with van der Waals surface area (Å²) in [7, 11) is 0. The maximum Gasteiger partial charge on any atom is 0.251 e. The van der Waals surface area contributed by atoms with Crippen molar-refractivity contribution in [3.63, 3.8) is 0 Å². The zero-order valence-electron chi connectivity index (χ0n) is 16.0. The summed E-state index contributed by atoms with van der Waals surface area (Å²) >= 11 is 0. The lowest BCUT2D eigenvalue weighted by Crippen LogP contribution is -2.14. The quantitative estimate of drug-likeness (QED) is 0.488. The van der Waals surface area contributed by atoms with Crippen molar-refractivity contribution in [3.8, 4) is 0 Å². The summed E-state index contributed by atoms with van der Waals surface area (Å²) in [6.07, 6.45) is 9.29. The Morgan fingerprint density at radius 2 is 1.63 bits per heavy atom. The highest BCUT2D eigenvalue weighted by atomic mass is 19.2. The minimum Gasteiger partial charge on any atom is -0.202 e. The first-order valence-electron chi connectivity index (χ1n) is 10.2. The summed E-state index contributed by atoms with van der Waals surface area (Å²) in [5, 5.41) is 0. The highest BCUT2D eigenvalue weighted by Gasteiger charge is 2.23. The van der Waals surface area contributed by atoms with E-state index < -0.39 is 17.7 Å². The summed E-state index contributed by atoms with van der Waals surface area (Å²) in [6, 6.07) is 10.0. The third-order valence-corrected chi connectivity index (χ3v) is 5.90. The molecular weight excluding hydrogens is 347 g/mol. The van der Waals surface area contributed by atoms with Crippen LogP contribution in [0.2, 0.25) is 0 Å². The molecular formula is C23H28F3N. The SMILES string of the molecule is CCCCc1ccc(C2CCC(CCc3cc(F)c(F)nc3F)CC2)cc1. The van der Waals surface area contributed by atoms with Crippen molar-refractivity contribution in [1.82, 2.24) is 4.98 Å². The highest BCUT2D eigenvalue weighted by Crippen LogP contribution is 2.37. The molecule has 0 N–H and O–H groups in total. The van der Waals surface area contributed by atoms with E-state index in [2.05, 4.69) is 36.2 Å². The molecule has 0 unspecified atom stereocenters. The minimum atomic E-state index is -1.36. The fraction of sp³-hybridized carbons (Fsp3) is 0.522. The van der Waals surface area contributed by atoms with Gasteiger partial charge in [-0.3, -0.25) is 0 Å². The van der Waals surface area contributed by atoms with Crippen molar-refractivity contribution < 1.29 is 13.2 Å². The van der Waals surface area contributed by atoms with E-state index in [0.29, 0.717) is 18.3 Å². The van der Waals surface area contributed by atoms with Crippen LogP contribution in [-0.2, 0) is 12.8 Å². The third-order valence-electron chi connectivity index (χ3n) is 5.90. The summed E-state index contributed by atoms with van der Waals surface area (Å²) < 4.78 is 39.8. The smallest absolute Gasteiger partial charge is 0.202 e. The van der Waals surface area contributed by atoms with Crippen LogP contribution in [0, 0.1) is 23.6 Å². The van der Waals surface area contributed by atoms with Gasteiger partial charge in [0.05, 0.1) is 0 Å². The molecule has 4 heteroatoms. The molecule has 1 fully saturated rings. The van der Waals surface area contributed by atoms with Crippen molar-refractivity contribution in [2.24, 2.45) is 5.92 Å². The topological polar surface area (TPSA) is 12.9 Å². The lowest BCUT2D eigenvalue weighted by molar-refractivity contribution is 0.308. The zero-order valence-corrected chi connectivity index (χ0v) is 16.0. The number of pyridine rings is 1. The zero-order chi connectivity index (χ0) is 19.2. The Kier molecular flexibility index (Phi) is 6.92. The van der Waals surface area contributed by atoms with Crippen molar-refractivity contribution in [1.29, 1.82) is 0 Å². The van der Waals surface area contributed by atoms with Crippen molar-refractivity contribution >= 4 is 0 Å². The average molecular weight is 375 g/mol. The second kappa shape index (κ2) is 9.38. The van der Waals surface area contributed by atoms with Crippen LogP contribution in [0.15, 0.2) is 30.3 Å². The first kappa shape index (κ1) is 19.9. The molecule has 3 rings (SSSR count). The molecule has 1 aromatic heterocycles. The predicted molar refractivity (Wildman–Crippen MR) is 102 cm³/mol. The van der Waals surface area contributed by atoms with Gasteiger partial charge in [-0.2, -0.15) is 13.8 Å². The molecule has 0 atom stereocenters. The van der Waals surface area contributed by atoms with Crippen LogP contribution in [0.5, 0.6) is 0 Å². The van der Waals surface area contributed by atoms with Crippen molar-refractivity contribution in [3.05, 3.63) is 64.7 Å². The lowest BCUT2D eigenvalue weighted by atomic mass is 9.77. The lowest BCUT2D eigenvalue weighted by Gasteiger charge is -2.29.